The van der Waals surface area contributed by atoms with Crippen molar-refractivity contribution in [3.05, 3.63) is 65.9 Å². The topological polar surface area (TPSA) is 76.7 Å². The van der Waals surface area contributed by atoms with Gasteiger partial charge in [0.2, 0.25) is 5.95 Å². The van der Waals surface area contributed by atoms with Crippen LogP contribution in [-0.2, 0) is 0 Å². The molecule has 2 aromatic heterocycles. The third-order valence-electron chi connectivity index (χ3n) is 5.16. The predicted molar refractivity (Wildman–Crippen MR) is 117 cm³/mol. The zero-order valence-corrected chi connectivity index (χ0v) is 16.5. The van der Waals surface area contributed by atoms with Crippen LogP contribution in [0, 0.1) is 0 Å². The van der Waals surface area contributed by atoms with E-state index in [0.717, 1.165) is 28.8 Å². The summed E-state index contributed by atoms with van der Waals surface area (Å²) >= 11 is 0. The van der Waals surface area contributed by atoms with E-state index >= 15 is 0 Å². The first-order valence-electron chi connectivity index (χ1n) is 9.66. The quantitative estimate of drug-likeness (QED) is 0.510. The molecule has 0 spiro atoms. The highest BCUT2D eigenvalue weighted by Crippen LogP contribution is 2.23. The number of nitrogens with one attached hydrogen (secondary N) is 1. The molecule has 4 rings (SSSR count). The molecular weight excluding hydrogens is 346 g/mol. The van der Waals surface area contributed by atoms with Crippen molar-refractivity contribution >= 4 is 33.6 Å². The summed E-state index contributed by atoms with van der Waals surface area (Å²) in [6.45, 7) is 7.41. The normalized spacial score (nSPS) is 12.6. The first-order valence-corrected chi connectivity index (χ1v) is 9.66. The van der Waals surface area contributed by atoms with Gasteiger partial charge in [-0.25, -0.2) is 15.0 Å². The second-order valence-electron chi connectivity index (χ2n) is 7.63. The van der Waals surface area contributed by atoms with Crippen LogP contribution in [0.4, 0.5) is 11.8 Å². The van der Waals surface area contributed by atoms with Crippen molar-refractivity contribution in [3.8, 4) is 0 Å². The predicted octanol–water partition coefficient (Wildman–Crippen LogP) is 5.10. The first kappa shape index (κ1) is 18.2. The molecule has 0 aliphatic rings. The number of aromatic nitrogens is 3. The fraction of sp³-hybridized carbons (Fsp3) is 0.261. The lowest BCUT2D eigenvalue weighted by atomic mass is 9.99. The number of nitrogen functional groups attached to an aromatic ring is 1. The van der Waals surface area contributed by atoms with E-state index in [0.29, 0.717) is 17.8 Å². The van der Waals surface area contributed by atoms with Crippen molar-refractivity contribution in [3.63, 3.8) is 0 Å². The lowest BCUT2D eigenvalue weighted by molar-refractivity contribution is 0.803. The molecule has 4 aromatic rings. The van der Waals surface area contributed by atoms with Crippen LogP contribution in [0.15, 0.2) is 54.7 Å². The van der Waals surface area contributed by atoms with Crippen LogP contribution in [-0.4, -0.2) is 21.5 Å². The Labute approximate surface area is 165 Å². The van der Waals surface area contributed by atoms with E-state index in [1.807, 2.05) is 6.07 Å². The standard InChI is InChI=1S/C23H25N5/c1-14(2)16-4-7-20-18(10-16)6-9-22(27-20)25-12-15(3)17-5-8-21-19(11-17)13-26-23(24)28-21/h4-11,13-15H,12H2,1-3H3,(H,25,27)(H2,24,26,28). The Morgan fingerprint density at radius 3 is 2.36 bits per heavy atom. The van der Waals surface area contributed by atoms with Crippen LogP contribution in [0.3, 0.4) is 0 Å². The van der Waals surface area contributed by atoms with Crippen molar-refractivity contribution in [1.29, 1.82) is 0 Å². The number of nitrogens with two attached hydrogens (primary N) is 1. The molecular formula is C23H25N5. The Morgan fingerprint density at radius 2 is 1.57 bits per heavy atom. The van der Waals surface area contributed by atoms with Gasteiger partial charge in [0.15, 0.2) is 0 Å². The van der Waals surface area contributed by atoms with Gasteiger partial charge in [0, 0.05) is 23.5 Å². The monoisotopic (exact) mass is 371 g/mol. The number of hydrogen-bond acceptors (Lipinski definition) is 5. The molecule has 2 heterocycles. The number of nitrogens with zero attached hydrogens (tertiary/aromatic N) is 3. The van der Waals surface area contributed by atoms with Gasteiger partial charge in [0.25, 0.3) is 0 Å². The number of anilines is 2. The van der Waals surface area contributed by atoms with E-state index in [9.17, 15) is 0 Å². The van der Waals surface area contributed by atoms with Gasteiger partial charge in [-0.05, 0) is 59.4 Å². The van der Waals surface area contributed by atoms with Crippen molar-refractivity contribution in [2.75, 3.05) is 17.6 Å². The average Bonchev–Trinajstić information content (AvgIpc) is 2.71. The lowest BCUT2D eigenvalue weighted by Gasteiger charge is -2.15. The third kappa shape index (κ3) is 3.74. The van der Waals surface area contributed by atoms with Gasteiger partial charge in [-0.3, -0.25) is 0 Å². The Kier molecular flexibility index (Phi) is 4.82. The zero-order valence-electron chi connectivity index (χ0n) is 16.5. The van der Waals surface area contributed by atoms with E-state index in [1.165, 1.54) is 16.5 Å². The minimum Gasteiger partial charge on any atom is -0.369 e. The molecule has 28 heavy (non-hydrogen) atoms. The van der Waals surface area contributed by atoms with E-state index < -0.39 is 0 Å². The molecule has 5 heteroatoms. The van der Waals surface area contributed by atoms with Crippen LogP contribution >= 0.6 is 0 Å². The summed E-state index contributed by atoms with van der Waals surface area (Å²) in [4.78, 5) is 13.1. The summed E-state index contributed by atoms with van der Waals surface area (Å²) in [6.07, 6.45) is 1.78. The van der Waals surface area contributed by atoms with Crippen LogP contribution < -0.4 is 11.1 Å². The zero-order chi connectivity index (χ0) is 19.7. The molecule has 2 aromatic carbocycles. The number of benzene rings is 2. The molecule has 0 radical (unpaired) electrons. The summed E-state index contributed by atoms with van der Waals surface area (Å²) in [5, 5.41) is 5.65. The summed E-state index contributed by atoms with van der Waals surface area (Å²) in [6, 6.07) is 16.9. The average molecular weight is 371 g/mol. The molecule has 0 saturated heterocycles. The second kappa shape index (κ2) is 7.43. The summed E-state index contributed by atoms with van der Waals surface area (Å²) in [5.41, 5.74) is 10.1. The number of hydrogen-bond donors (Lipinski definition) is 2. The fourth-order valence-corrected chi connectivity index (χ4v) is 3.35. The molecule has 0 aliphatic heterocycles. The van der Waals surface area contributed by atoms with E-state index in [2.05, 4.69) is 78.5 Å². The Bertz CT molecular complexity index is 1140. The molecule has 142 valence electrons. The minimum atomic E-state index is 0.304. The van der Waals surface area contributed by atoms with Crippen LogP contribution in [0.1, 0.15) is 43.7 Å². The third-order valence-corrected chi connectivity index (χ3v) is 5.16. The van der Waals surface area contributed by atoms with Crippen LogP contribution in [0.5, 0.6) is 0 Å². The fourth-order valence-electron chi connectivity index (χ4n) is 3.35. The smallest absolute Gasteiger partial charge is 0.220 e. The van der Waals surface area contributed by atoms with Crippen LogP contribution in [0.2, 0.25) is 0 Å². The summed E-state index contributed by atoms with van der Waals surface area (Å²) < 4.78 is 0. The van der Waals surface area contributed by atoms with Gasteiger partial charge in [-0.15, -0.1) is 0 Å². The lowest BCUT2D eigenvalue weighted by Crippen LogP contribution is -2.11. The maximum absolute atomic E-state index is 5.66. The van der Waals surface area contributed by atoms with Crippen molar-refractivity contribution < 1.29 is 0 Å². The van der Waals surface area contributed by atoms with Crippen molar-refractivity contribution in [1.82, 2.24) is 15.0 Å². The first-order chi connectivity index (χ1) is 13.5. The highest BCUT2D eigenvalue weighted by atomic mass is 15.0. The number of fused-ring (bicyclic) bond motifs is 2. The second-order valence-corrected chi connectivity index (χ2v) is 7.63. The molecule has 1 atom stereocenters. The van der Waals surface area contributed by atoms with Crippen molar-refractivity contribution in [2.24, 2.45) is 0 Å². The maximum Gasteiger partial charge on any atom is 0.220 e. The Balaban J connectivity index is 1.49. The minimum absolute atomic E-state index is 0.304. The molecule has 0 bridgehead atoms. The van der Waals surface area contributed by atoms with Gasteiger partial charge in [-0.2, -0.15) is 0 Å². The van der Waals surface area contributed by atoms with E-state index in [-0.39, 0.29) is 0 Å². The highest BCUT2D eigenvalue weighted by Gasteiger charge is 2.09. The number of pyridine rings is 1. The van der Waals surface area contributed by atoms with Crippen LogP contribution in [0.25, 0.3) is 21.8 Å². The molecule has 1 unspecified atom stereocenters. The van der Waals surface area contributed by atoms with Gasteiger partial charge < -0.3 is 11.1 Å². The number of rotatable bonds is 5. The Hall–Kier alpha value is -3.21. The van der Waals surface area contributed by atoms with Gasteiger partial charge in [0.1, 0.15) is 5.82 Å². The van der Waals surface area contributed by atoms with Crippen molar-refractivity contribution in [2.45, 2.75) is 32.6 Å². The highest BCUT2D eigenvalue weighted by molar-refractivity contribution is 5.81. The molecule has 0 aliphatic carbocycles. The van der Waals surface area contributed by atoms with Gasteiger partial charge >= 0.3 is 0 Å². The van der Waals surface area contributed by atoms with Gasteiger partial charge in [0.05, 0.1) is 11.0 Å². The molecule has 3 N–H and O–H groups in total. The maximum atomic E-state index is 5.66. The SMILES string of the molecule is CC(C)c1ccc2nc(NCC(C)c3ccc4nc(N)ncc4c3)ccc2c1. The van der Waals surface area contributed by atoms with E-state index in [4.69, 9.17) is 10.7 Å². The molecule has 0 amide bonds. The van der Waals surface area contributed by atoms with E-state index in [1.54, 1.807) is 6.20 Å². The Morgan fingerprint density at radius 1 is 0.857 bits per heavy atom. The molecule has 0 saturated carbocycles. The molecule has 5 nitrogen and oxygen atoms in total. The largest absolute Gasteiger partial charge is 0.369 e. The molecule has 0 fully saturated rings. The summed E-state index contributed by atoms with van der Waals surface area (Å²) in [7, 11) is 0. The summed E-state index contributed by atoms with van der Waals surface area (Å²) in [5.74, 6) is 2.04. The van der Waals surface area contributed by atoms with Gasteiger partial charge in [-0.1, -0.05) is 32.9 Å².